The maximum absolute atomic E-state index is 14.7. The number of carbonyl (C=O) groups excluding carboxylic acids is 1. The predicted molar refractivity (Wildman–Crippen MR) is 129 cm³/mol. The fourth-order valence-electron chi connectivity index (χ4n) is 4.39. The molecule has 3 aromatic rings. The highest BCUT2D eigenvalue weighted by Crippen LogP contribution is 2.32. The first-order valence-corrected chi connectivity index (χ1v) is 11.5. The Labute approximate surface area is 197 Å². The summed E-state index contributed by atoms with van der Waals surface area (Å²) in [5.41, 5.74) is 2.12. The van der Waals surface area contributed by atoms with Crippen LogP contribution >= 0.6 is 0 Å². The maximum Gasteiger partial charge on any atom is 0.266 e. The Hall–Kier alpha value is -3.29. The number of anilines is 2. The highest BCUT2D eigenvalue weighted by Gasteiger charge is 2.24. The van der Waals surface area contributed by atoms with Crippen LogP contribution < -0.4 is 10.2 Å². The molecule has 1 saturated heterocycles. The molecule has 1 amide bonds. The zero-order chi connectivity index (χ0) is 24.4. The number of rotatable bonds is 6. The lowest BCUT2D eigenvalue weighted by Crippen LogP contribution is -2.49. The lowest BCUT2D eigenvalue weighted by atomic mass is 10.0. The van der Waals surface area contributed by atoms with Crippen molar-refractivity contribution in [1.29, 1.82) is 0 Å². The molecule has 1 N–H and O–H groups in total. The summed E-state index contributed by atoms with van der Waals surface area (Å²) in [7, 11) is 0. The Morgan fingerprint density at radius 2 is 1.71 bits per heavy atom. The van der Waals surface area contributed by atoms with E-state index in [0.717, 1.165) is 41.4 Å². The Bertz CT molecular complexity index is 1180. The van der Waals surface area contributed by atoms with Crippen LogP contribution in [0.5, 0.6) is 0 Å². The van der Waals surface area contributed by atoms with E-state index in [1.54, 1.807) is 19.2 Å². The molecule has 0 bridgehead atoms. The summed E-state index contributed by atoms with van der Waals surface area (Å²) >= 11 is 0. The van der Waals surface area contributed by atoms with Crippen molar-refractivity contribution in [2.45, 2.75) is 33.2 Å². The molecule has 5 nitrogen and oxygen atoms in total. The Kier molecular flexibility index (Phi) is 6.95. The number of piperazine rings is 1. The molecule has 0 saturated carbocycles. The topological polar surface area (TPSA) is 48.5 Å². The molecule has 180 valence electrons. The molecule has 2 heterocycles. The van der Waals surface area contributed by atoms with Crippen LogP contribution in [0.25, 0.3) is 10.9 Å². The van der Waals surface area contributed by atoms with Gasteiger partial charge < -0.3 is 15.1 Å². The summed E-state index contributed by atoms with van der Waals surface area (Å²) < 4.78 is 40.9. The monoisotopic (exact) mass is 470 g/mol. The van der Waals surface area contributed by atoms with Crippen molar-refractivity contribution in [3.05, 3.63) is 65.6 Å². The summed E-state index contributed by atoms with van der Waals surface area (Å²) in [5.74, 6) is -0.725. The number of halogens is 3. The van der Waals surface area contributed by atoms with Gasteiger partial charge >= 0.3 is 0 Å². The molecule has 0 aliphatic carbocycles. The Morgan fingerprint density at radius 3 is 2.38 bits per heavy atom. The van der Waals surface area contributed by atoms with Gasteiger partial charge in [0.25, 0.3) is 6.43 Å². The minimum absolute atomic E-state index is 0.0138. The third-order valence-corrected chi connectivity index (χ3v) is 6.31. The largest absolute Gasteiger partial charge is 0.378 e. The van der Waals surface area contributed by atoms with Crippen molar-refractivity contribution in [1.82, 2.24) is 9.88 Å². The number of nitrogens with one attached hydrogen (secondary N) is 1. The number of nitrogens with zero attached hydrogens (tertiary/aromatic N) is 3. The number of aromatic nitrogens is 1. The average molecular weight is 471 g/mol. The SMILES string of the molecule is CC(C)C(=O)N1CCN(c2ccc3nccc(N[C@H](C)c4cccc(C(F)F)c4F)c3c2)CC1. The molecule has 0 spiro atoms. The standard InChI is InChI=1S/C26H29F3N4O/c1-16(2)26(34)33-13-11-32(12-14-33)18-7-8-22-21(15-18)23(9-10-30-22)31-17(3)19-5-4-6-20(24(19)27)25(28)29/h4-10,15-17,25H,11-14H2,1-3H3,(H,30,31)/t17-/m1/s1. The smallest absolute Gasteiger partial charge is 0.266 e. The number of hydrogen-bond acceptors (Lipinski definition) is 4. The zero-order valence-corrected chi connectivity index (χ0v) is 19.6. The van der Waals surface area contributed by atoms with Crippen molar-refractivity contribution in [3.8, 4) is 0 Å². The van der Waals surface area contributed by atoms with E-state index in [1.165, 1.54) is 12.1 Å². The van der Waals surface area contributed by atoms with E-state index in [0.29, 0.717) is 13.1 Å². The van der Waals surface area contributed by atoms with E-state index < -0.39 is 23.8 Å². The third kappa shape index (κ3) is 4.81. The number of hydrogen-bond donors (Lipinski definition) is 1. The van der Waals surface area contributed by atoms with Gasteiger partial charge in [0, 0.05) is 60.6 Å². The number of alkyl halides is 2. The lowest BCUT2D eigenvalue weighted by Gasteiger charge is -2.37. The van der Waals surface area contributed by atoms with Crippen LogP contribution in [0.2, 0.25) is 0 Å². The van der Waals surface area contributed by atoms with Gasteiger partial charge in [0.15, 0.2) is 0 Å². The van der Waals surface area contributed by atoms with E-state index in [2.05, 4.69) is 15.2 Å². The Balaban J connectivity index is 1.57. The van der Waals surface area contributed by atoms with Crippen LogP contribution in [0.4, 0.5) is 24.5 Å². The second-order valence-electron chi connectivity index (χ2n) is 8.94. The number of carbonyl (C=O) groups is 1. The number of pyridine rings is 1. The van der Waals surface area contributed by atoms with Gasteiger partial charge in [-0.15, -0.1) is 0 Å². The second-order valence-corrected chi connectivity index (χ2v) is 8.94. The molecule has 34 heavy (non-hydrogen) atoms. The van der Waals surface area contributed by atoms with Gasteiger partial charge in [-0.1, -0.05) is 32.0 Å². The van der Waals surface area contributed by atoms with Crippen molar-refractivity contribution in [3.63, 3.8) is 0 Å². The molecule has 0 radical (unpaired) electrons. The van der Waals surface area contributed by atoms with Crippen molar-refractivity contribution in [2.75, 3.05) is 36.4 Å². The number of fused-ring (bicyclic) bond motifs is 1. The van der Waals surface area contributed by atoms with E-state index in [-0.39, 0.29) is 17.4 Å². The normalized spacial score (nSPS) is 15.3. The molecule has 1 aliphatic rings. The maximum atomic E-state index is 14.7. The quantitative estimate of drug-likeness (QED) is 0.496. The molecule has 1 fully saturated rings. The van der Waals surface area contributed by atoms with Gasteiger partial charge in [0.2, 0.25) is 5.91 Å². The lowest BCUT2D eigenvalue weighted by molar-refractivity contribution is -0.134. The van der Waals surface area contributed by atoms with Gasteiger partial charge in [-0.3, -0.25) is 9.78 Å². The van der Waals surface area contributed by atoms with E-state index in [1.807, 2.05) is 36.9 Å². The van der Waals surface area contributed by atoms with Crippen LogP contribution in [-0.2, 0) is 4.79 Å². The third-order valence-electron chi connectivity index (χ3n) is 6.31. The molecule has 8 heteroatoms. The Morgan fingerprint density at radius 1 is 1.00 bits per heavy atom. The van der Waals surface area contributed by atoms with E-state index >= 15 is 0 Å². The van der Waals surface area contributed by atoms with Crippen LogP contribution in [-0.4, -0.2) is 42.0 Å². The first-order chi connectivity index (χ1) is 16.3. The number of benzene rings is 2. The first-order valence-electron chi connectivity index (χ1n) is 11.5. The van der Waals surface area contributed by atoms with E-state index in [9.17, 15) is 18.0 Å². The summed E-state index contributed by atoms with van der Waals surface area (Å²) in [6.07, 6.45) is -1.20. The van der Waals surface area contributed by atoms with Crippen LogP contribution in [0.3, 0.4) is 0 Å². The minimum atomic E-state index is -2.87. The molecule has 4 rings (SSSR count). The van der Waals surface area contributed by atoms with Gasteiger partial charge in [0.05, 0.1) is 17.1 Å². The van der Waals surface area contributed by atoms with Crippen molar-refractivity contribution >= 4 is 28.2 Å². The summed E-state index contributed by atoms with van der Waals surface area (Å²) in [6.45, 7) is 8.37. The molecule has 2 aromatic carbocycles. The van der Waals surface area contributed by atoms with Crippen LogP contribution in [0, 0.1) is 11.7 Å². The van der Waals surface area contributed by atoms with Crippen molar-refractivity contribution < 1.29 is 18.0 Å². The molecule has 1 aliphatic heterocycles. The highest BCUT2D eigenvalue weighted by molar-refractivity contribution is 5.93. The van der Waals surface area contributed by atoms with E-state index in [4.69, 9.17) is 0 Å². The predicted octanol–water partition coefficient (Wildman–Crippen LogP) is 5.79. The van der Waals surface area contributed by atoms with Gasteiger partial charge in [-0.05, 0) is 31.2 Å². The second kappa shape index (κ2) is 9.91. The van der Waals surface area contributed by atoms with Crippen LogP contribution in [0.1, 0.15) is 44.4 Å². The van der Waals surface area contributed by atoms with Gasteiger partial charge in [-0.2, -0.15) is 0 Å². The number of amides is 1. The zero-order valence-electron chi connectivity index (χ0n) is 19.6. The first kappa shape index (κ1) is 23.9. The summed E-state index contributed by atoms with van der Waals surface area (Å²) in [6, 6.07) is 11.3. The molecular formula is C26H29F3N4O. The average Bonchev–Trinajstić information content (AvgIpc) is 2.83. The van der Waals surface area contributed by atoms with Crippen molar-refractivity contribution in [2.24, 2.45) is 5.92 Å². The van der Waals surface area contributed by atoms with Crippen LogP contribution in [0.15, 0.2) is 48.7 Å². The minimum Gasteiger partial charge on any atom is -0.378 e. The summed E-state index contributed by atoms with van der Waals surface area (Å²) in [5, 5.41) is 4.14. The fourth-order valence-corrected chi connectivity index (χ4v) is 4.39. The molecular weight excluding hydrogens is 441 g/mol. The van der Waals surface area contributed by atoms with Gasteiger partial charge in [-0.25, -0.2) is 13.2 Å². The molecule has 1 aromatic heterocycles. The summed E-state index contributed by atoms with van der Waals surface area (Å²) in [4.78, 5) is 20.9. The fraction of sp³-hybridized carbons (Fsp3) is 0.385. The molecule has 1 atom stereocenters. The molecule has 0 unspecified atom stereocenters. The van der Waals surface area contributed by atoms with Gasteiger partial charge in [0.1, 0.15) is 5.82 Å². The highest BCUT2D eigenvalue weighted by atomic mass is 19.3.